The molecule has 1 N–H and O–H groups in total. The van der Waals surface area contributed by atoms with Gasteiger partial charge in [0.2, 0.25) is 0 Å². The zero-order valence-electron chi connectivity index (χ0n) is 19.6. The lowest BCUT2D eigenvalue weighted by atomic mass is 9.96. The minimum absolute atomic E-state index is 0.0746. The number of hydrogen-bond donors (Lipinski definition) is 1. The first kappa shape index (κ1) is 22.2. The molecule has 2 atom stereocenters. The van der Waals surface area contributed by atoms with Gasteiger partial charge in [-0.3, -0.25) is 4.98 Å². The molecule has 172 valence electrons. The second-order valence-electron chi connectivity index (χ2n) is 8.57. The lowest BCUT2D eigenvalue weighted by Gasteiger charge is -2.29. The number of hydrogen-bond acceptors (Lipinski definition) is 3. The molecule has 0 amide bonds. The minimum Gasteiger partial charge on any atom is -0.495 e. The van der Waals surface area contributed by atoms with Crippen molar-refractivity contribution in [3.05, 3.63) is 113 Å². The van der Waals surface area contributed by atoms with E-state index in [1.54, 1.807) is 7.11 Å². The summed E-state index contributed by atoms with van der Waals surface area (Å²) in [7, 11) is 1.70. The van der Waals surface area contributed by atoms with E-state index in [0.717, 1.165) is 23.7 Å². The number of rotatable bonds is 6. The number of pyridine rings is 1. The number of anilines is 1. The molecule has 1 saturated heterocycles. The van der Waals surface area contributed by atoms with Crippen LogP contribution in [0.15, 0.2) is 85.1 Å². The number of para-hydroxylation sites is 2. The standard InChI is InChI=1S/C28H28N4OS/c1-19-17-22(20(2)31(19)18-21-11-5-4-6-12-21)27-26(23-13-9-10-16-29-23)30-28(34)32(27)24-14-7-8-15-25(24)33-3/h4-17,26-27H,18H2,1-3H3,(H,30,34)/t26-,27+/m1/s1. The van der Waals surface area contributed by atoms with E-state index in [2.05, 4.69) is 82.1 Å². The average molecular weight is 469 g/mol. The summed E-state index contributed by atoms with van der Waals surface area (Å²) in [6.45, 7) is 5.19. The smallest absolute Gasteiger partial charge is 0.174 e. The molecule has 1 fully saturated rings. The van der Waals surface area contributed by atoms with Gasteiger partial charge in [-0.2, -0.15) is 0 Å². The highest BCUT2D eigenvalue weighted by Crippen LogP contribution is 2.45. The summed E-state index contributed by atoms with van der Waals surface area (Å²) in [6, 6.07) is 26.7. The molecule has 0 unspecified atom stereocenters. The summed E-state index contributed by atoms with van der Waals surface area (Å²) in [6.07, 6.45) is 1.83. The van der Waals surface area contributed by atoms with Crippen LogP contribution in [-0.2, 0) is 6.54 Å². The Hall–Kier alpha value is -3.64. The number of nitrogens with one attached hydrogen (secondary N) is 1. The van der Waals surface area contributed by atoms with Crippen LogP contribution in [0.2, 0.25) is 0 Å². The largest absolute Gasteiger partial charge is 0.495 e. The van der Waals surface area contributed by atoms with Gasteiger partial charge in [0.25, 0.3) is 0 Å². The number of benzene rings is 2. The maximum absolute atomic E-state index is 5.90. The average Bonchev–Trinajstić information content (AvgIpc) is 3.36. The van der Waals surface area contributed by atoms with E-state index in [9.17, 15) is 0 Å². The van der Waals surface area contributed by atoms with Gasteiger partial charge in [0.1, 0.15) is 5.75 Å². The summed E-state index contributed by atoms with van der Waals surface area (Å²) in [5, 5.41) is 4.22. The molecule has 0 aliphatic carbocycles. The lowest BCUT2D eigenvalue weighted by Crippen LogP contribution is -2.30. The van der Waals surface area contributed by atoms with Crippen LogP contribution in [0.1, 0.15) is 40.3 Å². The first-order valence-corrected chi connectivity index (χ1v) is 11.8. The molecule has 2 aromatic heterocycles. The molecule has 0 bridgehead atoms. The highest BCUT2D eigenvalue weighted by Gasteiger charge is 2.43. The monoisotopic (exact) mass is 468 g/mol. The van der Waals surface area contributed by atoms with Crippen LogP contribution in [0.5, 0.6) is 5.75 Å². The molecule has 34 heavy (non-hydrogen) atoms. The topological polar surface area (TPSA) is 42.3 Å². The molecule has 1 aliphatic rings. The van der Waals surface area contributed by atoms with Crippen LogP contribution in [0, 0.1) is 13.8 Å². The fraction of sp³-hybridized carbons (Fsp3) is 0.214. The van der Waals surface area contributed by atoms with Gasteiger partial charge < -0.3 is 19.5 Å². The second-order valence-corrected chi connectivity index (χ2v) is 8.95. The normalized spacial score (nSPS) is 17.6. The van der Waals surface area contributed by atoms with Gasteiger partial charge in [-0.15, -0.1) is 0 Å². The fourth-order valence-electron chi connectivity index (χ4n) is 4.90. The summed E-state index contributed by atoms with van der Waals surface area (Å²) in [5.41, 5.74) is 6.84. The Labute approximate surface area is 206 Å². The Bertz CT molecular complexity index is 1300. The van der Waals surface area contributed by atoms with Gasteiger partial charge in [-0.1, -0.05) is 48.5 Å². The van der Waals surface area contributed by atoms with Crippen molar-refractivity contribution >= 4 is 23.0 Å². The predicted octanol–water partition coefficient (Wildman–Crippen LogP) is 5.73. The van der Waals surface area contributed by atoms with Crippen molar-refractivity contribution in [3.8, 4) is 5.75 Å². The van der Waals surface area contributed by atoms with E-state index in [1.807, 2.05) is 36.5 Å². The quantitative estimate of drug-likeness (QED) is 0.366. The molecule has 0 radical (unpaired) electrons. The molecule has 6 heteroatoms. The van der Waals surface area contributed by atoms with Gasteiger partial charge in [0.15, 0.2) is 5.11 Å². The van der Waals surface area contributed by atoms with Crippen LogP contribution in [0.3, 0.4) is 0 Å². The summed E-state index contributed by atoms with van der Waals surface area (Å²) in [5.74, 6) is 0.788. The van der Waals surface area contributed by atoms with E-state index in [1.165, 1.54) is 22.5 Å². The first-order chi connectivity index (χ1) is 16.6. The van der Waals surface area contributed by atoms with Crippen LogP contribution >= 0.6 is 12.2 Å². The molecule has 5 nitrogen and oxygen atoms in total. The van der Waals surface area contributed by atoms with Crippen molar-refractivity contribution in [1.29, 1.82) is 0 Å². The fourth-order valence-corrected chi connectivity index (χ4v) is 5.23. The van der Waals surface area contributed by atoms with Crippen LogP contribution in [-0.4, -0.2) is 21.8 Å². The summed E-state index contributed by atoms with van der Waals surface area (Å²) < 4.78 is 8.10. The van der Waals surface area contributed by atoms with E-state index >= 15 is 0 Å². The Morgan fingerprint density at radius 1 is 0.971 bits per heavy atom. The Balaban J connectivity index is 1.64. The van der Waals surface area contributed by atoms with E-state index in [0.29, 0.717) is 5.11 Å². The molecule has 0 spiro atoms. The lowest BCUT2D eigenvalue weighted by molar-refractivity contribution is 0.414. The molecule has 3 heterocycles. The number of thiocarbonyl (C=S) groups is 1. The van der Waals surface area contributed by atoms with E-state index < -0.39 is 0 Å². The van der Waals surface area contributed by atoms with Crippen molar-refractivity contribution in [1.82, 2.24) is 14.9 Å². The highest BCUT2D eigenvalue weighted by atomic mass is 32.1. The third-order valence-electron chi connectivity index (χ3n) is 6.56. The van der Waals surface area contributed by atoms with Gasteiger partial charge >= 0.3 is 0 Å². The number of methoxy groups -OCH3 is 1. The van der Waals surface area contributed by atoms with Gasteiger partial charge in [-0.05, 0) is 67.5 Å². The van der Waals surface area contributed by atoms with Crippen LogP contribution < -0.4 is 15.0 Å². The number of nitrogens with zero attached hydrogens (tertiary/aromatic N) is 3. The summed E-state index contributed by atoms with van der Waals surface area (Å²) >= 11 is 5.90. The predicted molar refractivity (Wildman–Crippen MR) is 140 cm³/mol. The molecular weight excluding hydrogens is 440 g/mol. The van der Waals surface area contributed by atoms with E-state index in [-0.39, 0.29) is 12.1 Å². The summed E-state index contributed by atoms with van der Waals surface area (Å²) in [4.78, 5) is 6.86. The van der Waals surface area contributed by atoms with Crippen molar-refractivity contribution in [3.63, 3.8) is 0 Å². The second kappa shape index (κ2) is 9.31. The van der Waals surface area contributed by atoms with Gasteiger partial charge in [-0.25, -0.2) is 0 Å². The zero-order chi connectivity index (χ0) is 23.7. The third-order valence-corrected chi connectivity index (χ3v) is 6.87. The van der Waals surface area contributed by atoms with Crippen LogP contribution in [0.25, 0.3) is 0 Å². The van der Waals surface area contributed by atoms with E-state index in [4.69, 9.17) is 17.0 Å². The van der Waals surface area contributed by atoms with Crippen LogP contribution in [0.4, 0.5) is 5.69 Å². The number of ether oxygens (including phenoxy) is 1. The molecule has 4 aromatic rings. The minimum atomic E-state index is -0.0933. The van der Waals surface area contributed by atoms with Gasteiger partial charge in [0.05, 0.1) is 30.6 Å². The van der Waals surface area contributed by atoms with Gasteiger partial charge in [0, 0.05) is 24.1 Å². The Kier molecular flexibility index (Phi) is 6.07. The van der Waals surface area contributed by atoms with Crippen molar-refractivity contribution in [2.24, 2.45) is 0 Å². The van der Waals surface area contributed by atoms with Crippen molar-refractivity contribution in [2.75, 3.05) is 12.0 Å². The molecule has 0 saturated carbocycles. The SMILES string of the molecule is COc1ccccc1N1C(=S)N[C@H](c2ccccn2)[C@@H]1c1cc(C)n(Cc2ccccc2)c1C. The number of aromatic nitrogens is 2. The zero-order valence-corrected chi connectivity index (χ0v) is 20.4. The van der Waals surface area contributed by atoms with Crippen molar-refractivity contribution < 1.29 is 4.74 Å². The maximum Gasteiger partial charge on any atom is 0.174 e. The molecule has 1 aliphatic heterocycles. The maximum atomic E-state index is 5.90. The molecule has 5 rings (SSSR count). The Morgan fingerprint density at radius 3 is 2.44 bits per heavy atom. The molecule has 2 aromatic carbocycles. The number of aryl methyl sites for hydroxylation is 1. The highest BCUT2D eigenvalue weighted by molar-refractivity contribution is 7.80. The first-order valence-electron chi connectivity index (χ1n) is 11.4. The molecular formula is C28H28N4OS. The van der Waals surface area contributed by atoms with Crippen molar-refractivity contribution in [2.45, 2.75) is 32.5 Å². The Morgan fingerprint density at radius 2 is 1.71 bits per heavy atom. The third kappa shape index (κ3) is 3.94.